The van der Waals surface area contributed by atoms with Crippen LogP contribution in [0.25, 0.3) is 49.7 Å². The molecule has 0 fully saturated rings. The Labute approximate surface area is 320 Å². The third-order valence-corrected chi connectivity index (χ3v) is 11.5. The predicted octanol–water partition coefficient (Wildman–Crippen LogP) is 14.1. The summed E-state index contributed by atoms with van der Waals surface area (Å²) in [4.78, 5) is 2.40. The highest BCUT2D eigenvalue weighted by Gasteiger charge is 2.36. The van der Waals surface area contributed by atoms with Gasteiger partial charge in [-0.3, -0.25) is 0 Å². The van der Waals surface area contributed by atoms with Gasteiger partial charge in [-0.05, 0) is 107 Å². The molecule has 1 aliphatic heterocycles. The highest BCUT2D eigenvalue weighted by Crippen LogP contribution is 2.52. The van der Waals surface area contributed by atoms with Crippen LogP contribution in [-0.4, -0.2) is 4.57 Å². The van der Waals surface area contributed by atoms with Crippen LogP contribution in [0.3, 0.4) is 0 Å². The second-order valence-electron chi connectivity index (χ2n) is 15.0. The van der Waals surface area contributed by atoms with E-state index in [0.29, 0.717) is 5.75 Å². The molecule has 55 heavy (non-hydrogen) atoms. The van der Waals surface area contributed by atoms with Gasteiger partial charge in [0, 0.05) is 44.5 Å². The lowest BCUT2D eigenvalue weighted by Crippen LogP contribution is -2.16. The Morgan fingerprint density at radius 3 is 1.91 bits per heavy atom. The molecule has 0 saturated heterocycles. The second-order valence-corrected chi connectivity index (χ2v) is 15.0. The largest absolute Gasteiger partial charge is 0.449 e. The molecule has 8 aromatic carbocycles. The molecule has 2 aliphatic rings. The Balaban J connectivity index is 1.07. The third kappa shape index (κ3) is 4.85. The first-order chi connectivity index (χ1) is 27.0. The van der Waals surface area contributed by atoms with E-state index in [2.05, 4.69) is 169 Å². The summed E-state index contributed by atoms with van der Waals surface area (Å²) in [5.41, 5.74) is 14.0. The summed E-state index contributed by atoms with van der Waals surface area (Å²) < 4.78 is 15.1. The van der Waals surface area contributed by atoms with Gasteiger partial charge < -0.3 is 18.9 Å². The van der Waals surface area contributed by atoms with Crippen molar-refractivity contribution in [1.82, 2.24) is 4.57 Å². The number of hydrogen-bond donors (Lipinski definition) is 0. The number of rotatable bonds is 5. The fraction of sp³-hybridized carbons (Fsp3) is 0.0588. The van der Waals surface area contributed by atoms with E-state index in [0.717, 1.165) is 51.1 Å². The van der Waals surface area contributed by atoms with Crippen molar-refractivity contribution < 1.29 is 9.47 Å². The van der Waals surface area contributed by atoms with Crippen LogP contribution in [0.15, 0.2) is 182 Å². The number of ether oxygens (including phenoxy) is 2. The lowest BCUT2D eigenvalue weighted by molar-refractivity contribution is 0.361. The van der Waals surface area contributed by atoms with Gasteiger partial charge in [-0.1, -0.05) is 117 Å². The van der Waals surface area contributed by atoms with Gasteiger partial charge in [0.05, 0.1) is 11.0 Å². The molecule has 0 bridgehead atoms. The van der Waals surface area contributed by atoms with E-state index in [-0.39, 0.29) is 5.41 Å². The number of nitrogens with zero attached hydrogens (tertiary/aromatic N) is 2. The molecule has 0 radical (unpaired) electrons. The maximum atomic E-state index is 6.44. The maximum Gasteiger partial charge on any atom is 0.177 e. The number of benzene rings is 8. The first-order valence-electron chi connectivity index (χ1n) is 18.8. The topological polar surface area (TPSA) is 26.6 Å². The monoisotopic (exact) mass is 708 g/mol. The van der Waals surface area contributed by atoms with Crippen molar-refractivity contribution in [3.8, 4) is 50.9 Å². The SMILES string of the molecule is CC1(C)c2ccccc2-c2ccc(N(c3ccc(-c4cccc5c4Oc4ccccc4O5)cc3)c3ccc4c(c3)c3ccccc3n4-c3ccccc3)cc21. The van der Waals surface area contributed by atoms with Crippen molar-refractivity contribution >= 4 is 38.9 Å². The Morgan fingerprint density at radius 2 is 1.05 bits per heavy atom. The molecule has 4 nitrogen and oxygen atoms in total. The molecule has 4 heteroatoms. The summed E-state index contributed by atoms with van der Waals surface area (Å²) in [6.07, 6.45) is 0. The molecule has 0 saturated carbocycles. The number of hydrogen-bond acceptors (Lipinski definition) is 3. The third-order valence-electron chi connectivity index (χ3n) is 11.5. The van der Waals surface area contributed by atoms with Crippen LogP contribution in [0.1, 0.15) is 25.0 Å². The fourth-order valence-electron chi connectivity index (χ4n) is 8.80. The van der Waals surface area contributed by atoms with Gasteiger partial charge in [-0.2, -0.15) is 0 Å². The molecule has 1 aromatic heterocycles. The summed E-state index contributed by atoms with van der Waals surface area (Å²) in [6, 6.07) is 64.8. The van der Waals surface area contributed by atoms with Gasteiger partial charge in [0.25, 0.3) is 0 Å². The molecule has 0 amide bonds. The van der Waals surface area contributed by atoms with Crippen molar-refractivity contribution in [2.75, 3.05) is 4.90 Å². The number of aromatic nitrogens is 1. The van der Waals surface area contributed by atoms with Gasteiger partial charge in [-0.15, -0.1) is 0 Å². The molecule has 1 aliphatic carbocycles. The zero-order valence-electron chi connectivity index (χ0n) is 30.5. The fourth-order valence-corrected chi connectivity index (χ4v) is 8.80. The van der Waals surface area contributed by atoms with E-state index in [1.165, 1.54) is 44.1 Å². The van der Waals surface area contributed by atoms with Crippen molar-refractivity contribution in [2.45, 2.75) is 19.3 Å². The first-order valence-corrected chi connectivity index (χ1v) is 18.8. The molecule has 0 spiro atoms. The van der Waals surface area contributed by atoms with E-state index >= 15 is 0 Å². The van der Waals surface area contributed by atoms with Gasteiger partial charge in [0.1, 0.15) is 0 Å². The average Bonchev–Trinajstić information content (AvgIpc) is 3.68. The highest BCUT2D eigenvalue weighted by molar-refractivity contribution is 6.10. The van der Waals surface area contributed by atoms with Crippen LogP contribution in [0.2, 0.25) is 0 Å². The molecular formula is C51H36N2O2. The summed E-state index contributed by atoms with van der Waals surface area (Å²) in [7, 11) is 0. The van der Waals surface area contributed by atoms with E-state index in [9.17, 15) is 0 Å². The van der Waals surface area contributed by atoms with Gasteiger partial charge in [-0.25, -0.2) is 0 Å². The quantitative estimate of drug-likeness (QED) is 0.178. The lowest BCUT2D eigenvalue weighted by Gasteiger charge is -2.28. The second kappa shape index (κ2) is 12.0. The molecule has 262 valence electrons. The van der Waals surface area contributed by atoms with Crippen LogP contribution in [0.4, 0.5) is 17.1 Å². The molecule has 0 unspecified atom stereocenters. The first kappa shape index (κ1) is 31.5. The smallest absolute Gasteiger partial charge is 0.177 e. The highest BCUT2D eigenvalue weighted by atomic mass is 16.6. The summed E-state index contributed by atoms with van der Waals surface area (Å²) >= 11 is 0. The molecule has 2 heterocycles. The summed E-state index contributed by atoms with van der Waals surface area (Å²) in [6.45, 7) is 4.69. The van der Waals surface area contributed by atoms with Crippen LogP contribution in [0, 0.1) is 0 Å². The van der Waals surface area contributed by atoms with E-state index in [1.54, 1.807) is 0 Å². The number of anilines is 3. The summed E-state index contributed by atoms with van der Waals surface area (Å²) in [5, 5.41) is 2.43. The predicted molar refractivity (Wildman–Crippen MR) is 225 cm³/mol. The normalized spacial score (nSPS) is 13.3. The van der Waals surface area contributed by atoms with Crippen molar-refractivity contribution in [1.29, 1.82) is 0 Å². The average molecular weight is 709 g/mol. The maximum absolute atomic E-state index is 6.44. The Kier molecular flexibility index (Phi) is 6.86. The zero-order chi connectivity index (χ0) is 36.7. The standard InChI is InChI=1S/C51H36N2O2/c1-51(2)43-18-8-6-15-39(43)40-29-27-37(32-44(40)51)52(36-28-30-46-42(31-36)41-16-7-9-19-45(41)53(46)34-13-4-3-5-14-34)35-25-23-33(24-26-35)38-17-12-22-49-50(38)55-48-21-11-10-20-47(48)54-49/h3-32H,1-2H3. The minimum Gasteiger partial charge on any atom is -0.449 e. The van der Waals surface area contributed by atoms with Gasteiger partial charge in [0.2, 0.25) is 0 Å². The van der Waals surface area contributed by atoms with E-state index < -0.39 is 0 Å². The zero-order valence-corrected chi connectivity index (χ0v) is 30.5. The van der Waals surface area contributed by atoms with Crippen LogP contribution < -0.4 is 14.4 Å². The molecule has 0 atom stereocenters. The minimum atomic E-state index is -0.127. The molecule has 11 rings (SSSR count). The van der Waals surface area contributed by atoms with Crippen LogP contribution in [-0.2, 0) is 5.41 Å². The Bertz CT molecular complexity index is 2960. The number of para-hydroxylation sites is 5. The van der Waals surface area contributed by atoms with E-state index in [4.69, 9.17) is 9.47 Å². The lowest BCUT2D eigenvalue weighted by atomic mass is 9.82. The van der Waals surface area contributed by atoms with Crippen molar-refractivity contribution in [2.24, 2.45) is 0 Å². The van der Waals surface area contributed by atoms with Crippen molar-refractivity contribution in [3.63, 3.8) is 0 Å². The summed E-state index contributed by atoms with van der Waals surface area (Å²) in [5.74, 6) is 2.89. The Hall–Kier alpha value is -7.04. The van der Waals surface area contributed by atoms with Crippen molar-refractivity contribution in [3.05, 3.63) is 193 Å². The molecule has 9 aromatic rings. The van der Waals surface area contributed by atoms with Gasteiger partial charge >= 0.3 is 0 Å². The van der Waals surface area contributed by atoms with Crippen LogP contribution >= 0.6 is 0 Å². The number of fused-ring (bicyclic) bond motifs is 8. The minimum absolute atomic E-state index is 0.127. The molecule has 0 N–H and O–H groups in total. The molecular weight excluding hydrogens is 673 g/mol. The van der Waals surface area contributed by atoms with Gasteiger partial charge in [0.15, 0.2) is 23.0 Å². The van der Waals surface area contributed by atoms with E-state index in [1.807, 2.05) is 36.4 Å². The van der Waals surface area contributed by atoms with Crippen LogP contribution in [0.5, 0.6) is 23.0 Å². The Morgan fingerprint density at radius 1 is 0.436 bits per heavy atom.